The summed E-state index contributed by atoms with van der Waals surface area (Å²) in [5.41, 5.74) is 0.322. The van der Waals surface area contributed by atoms with Gasteiger partial charge >= 0.3 is 5.97 Å². The molecule has 0 bridgehead atoms. The zero-order valence-electron chi connectivity index (χ0n) is 9.39. The monoisotopic (exact) mass is 266 g/mol. The molecule has 1 rings (SSSR count). The Balaban J connectivity index is 2.69. The van der Waals surface area contributed by atoms with E-state index in [0.29, 0.717) is 10.6 Å². The van der Waals surface area contributed by atoms with Gasteiger partial charge in [0.05, 0.1) is 6.07 Å². The molecule has 1 aromatic carbocycles. The smallest absolute Gasteiger partial charge is 0.326 e. The topological polar surface area (TPSA) is 90.2 Å². The van der Waals surface area contributed by atoms with E-state index in [1.54, 1.807) is 12.1 Å². The summed E-state index contributed by atoms with van der Waals surface area (Å²) in [6.07, 6.45) is 0.142. The van der Waals surface area contributed by atoms with E-state index in [9.17, 15) is 9.59 Å². The highest BCUT2D eigenvalue weighted by Gasteiger charge is 2.20. The predicted molar refractivity (Wildman–Crippen MR) is 65.2 cm³/mol. The van der Waals surface area contributed by atoms with Gasteiger partial charge in [-0.25, -0.2) is 4.79 Å². The average molecular weight is 267 g/mol. The molecular formula is C12H11ClN2O3. The molecule has 0 spiro atoms. The van der Waals surface area contributed by atoms with Crippen molar-refractivity contribution in [3.05, 3.63) is 34.9 Å². The fourth-order valence-electron chi connectivity index (χ4n) is 1.31. The van der Waals surface area contributed by atoms with Gasteiger partial charge in [-0.15, -0.1) is 0 Å². The lowest BCUT2D eigenvalue weighted by atomic mass is 10.1. The number of nitrogens with zero attached hydrogens (tertiary/aromatic N) is 1. The zero-order chi connectivity index (χ0) is 13.5. The Morgan fingerprint density at radius 2 is 2.00 bits per heavy atom. The Kier molecular flexibility index (Phi) is 5.15. The van der Waals surface area contributed by atoms with E-state index in [1.165, 1.54) is 12.1 Å². The van der Waals surface area contributed by atoms with Crippen molar-refractivity contribution in [2.24, 2.45) is 0 Å². The molecular weight excluding hydrogens is 256 g/mol. The Morgan fingerprint density at radius 1 is 1.39 bits per heavy atom. The maximum Gasteiger partial charge on any atom is 0.326 e. The minimum Gasteiger partial charge on any atom is -0.480 e. The first-order valence-electron chi connectivity index (χ1n) is 5.20. The first-order chi connectivity index (χ1) is 8.54. The van der Waals surface area contributed by atoms with Gasteiger partial charge in [-0.2, -0.15) is 5.26 Å². The molecule has 5 nitrogen and oxygen atoms in total. The van der Waals surface area contributed by atoms with Crippen LogP contribution in [-0.4, -0.2) is 23.0 Å². The van der Waals surface area contributed by atoms with Crippen LogP contribution in [0.2, 0.25) is 5.02 Å². The van der Waals surface area contributed by atoms with Crippen LogP contribution in [0.15, 0.2) is 24.3 Å². The van der Waals surface area contributed by atoms with Gasteiger partial charge in [-0.05, 0) is 30.7 Å². The van der Waals surface area contributed by atoms with Gasteiger partial charge in [0.25, 0.3) is 5.91 Å². The number of nitriles is 1. The van der Waals surface area contributed by atoms with E-state index in [0.717, 1.165) is 0 Å². The third kappa shape index (κ3) is 4.07. The second-order valence-corrected chi connectivity index (χ2v) is 4.00. The van der Waals surface area contributed by atoms with Gasteiger partial charge in [-0.3, -0.25) is 4.79 Å². The number of benzene rings is 1. The SMILES string of the molecule is N#CCCC(NC(=O)c1ccc(Cl)cc1)C(=O)O. The largest absolute Gasteiger partial charge is 0.480 e. The van der Waals surface area contributed by atoms with Gasteiger partial charge in [0.2, 0.25) is 0 Å². The molecule has 0 saturated carbocycles. The van der Waals surface area contributed by atoms with Crippen molar-refractivity contribution >= 4 is 23.5 Å². The quantitative estimate of drug-likeness (QED) is 0.851. The molecule has 1 atom stereocenters. The molecule has 6 heteroatoms. The van der Waals surface area contributed by atoms with Crippen LogP contribution < -0.4 is 5.32 Å². The first kappa shape index (κ1) is 14.0. The molecule has 1 aromatic rings. The zero-order valence-corrected chi connectivity index (χ0v) is 10.1. The highest BCUT2D eigenvalue weighted by Crippen LogP contribution is 2.10. The van der Waals surface area contributed by atoms with E-state index in [4.69, 9.17) is 22.0 Å². The van der Waals surface area contributed by atoms with Crippen LogP contribution in [0, 0.1) is 11.3 Å². The Bertz CT molecular complexity index is 479. The Hall–Kier alpha value is -2.06. The summed E-state index contributed by atoms with van der Waals surface area (Å²) in [4.78, 5) is 22.6. The van der Waals surface area contributed by atoms with Gasteiger partial charge in [0, 0.05) is 17.0 Å². The minimum atomic E-state index is -1.16. The molecule has 0 aromatic heterocycles. The van der Waals surface area contributed by atoms with E-state index < -0.39 is 17.9 Å². The summed E-state index contributed by atoms with van der Waals surface area (Å²) in [5, 5.41) is 20.1. The lowest BCUT2D eigenvalue weighted by Gasteiger charge is -2.12. The van der Waals surface area contributed by atoms with Crippen molar-refractivity contribution in [1.29, 1.82) is 5.26 Å². The number of rotatable bonds is 5. The fraction of sp³-hybridized carbons (Fsp3) is 0.250. The molecule has 0 aliphatic rings. The van der Waals surface area contributed by atoms with Crippen LogP contribution in [0.5, 0.6) is 0 Å². The minimum absolute atomic E-state index is 0.0673. The molecule has 94 valence electrons. The Labute approximate surface area is 109 Å². The number of carboxylic acids is 1. The van der Waals surface area contributed by atoms with Gasteiger partial charge in [-0.1, -0.05) is 11.6 Å². The molecule has 0 radical (unpaired) electrons. The van der Waals surface area contributed by atoms with Gasteiger partial charge < -0.3 is 10.4 Å². The summed E-state index contributed by atoms with van der Waals surface area (Å²) in [7, 11) is 0. The molecule has 1 amide bonds. The van der Waals surface area contributed by atoms with Crippen LogP contribution in [-0.2, 0) is 4.79 Å². The molecule has 0 saturated heterocycles. The second kappa shape index (κ2) is 6.62. The van der Waals surface area contributed by atoms with Crippen LogP contribution in [0.3, 0.4) is 0 Å². The lowest BCUT2D eigenvalue weighted by Crippen LogP contribution is -2.40. The summed E-state index contributed by atoms with van der Waals surface area (Å²) < 4.78 is 0. The van der Waals surface area contributed by atoms with Crippen molar-refractivity contribution in [1.82, 2.24) is 5.32 Å². The van der Waals surface area contributed by atoms with Gasteiger partial charge in [0.1, 0.15) is 6.04 Å². The number of halogens is 1. The molecule has 0 heterocycles. The van der Waals surface area contributed by atoms with Crippen molar-refractivity contribution in [3.63, 3.8) is 0 Å². The summed E-state index contributed by atoms with van der Waals surface area (Å²) in [5.74, 6) is -1.66. The average Bonchev–Trinajstić information content (AvgIpc) is 2.34. The third-order valence-corrected chi connectivity index (χ3v) is 2.51. The normalized spacial score (nSPS) is 11.3. The predicted octanol–water partition coefficient (Wildman–Crippen LogP) is 1.83. The van der Waals surface area contributed by atoms with E-state index in [-0.39, 0.29) is 12.8 Å². The van der Waals surface area contributed by atoms with Crippen LogP contribution in [0.1, 0.15) is 23.2 Å². The number of carboxylic acid groups (broad SMARTS) is 1. The molecule has 0 aliphatic carbocycles. The number of carbonyl (C=O) groups excluding carboxylic acids is 1. The van der Waals surface area contributed by atoms with E-state index in [1.807, 2.05) is 6.07 Å². The van der Waals surface area contributed by atoms with Crippen molar-refractivity contribution in [2.45, 2.75) is 18.9 Å². The van der Waals surface area contributed by atoms with Crippen molar-refractivity contribution in [3.8, 4) is 6.07 Å². The van der Waals surface area contributed by atoms with Crippen LogP contribution in [0.25, 0.3) is 0 Å². The van der Waals surface area contributed by atoms with Gasteiger partial charge in [0.15, 0.2) is 0 Å². The van der Waals surface area contributed by atoms with Crippen LogP contribution >= 0.6 is 11.6 Å². The first-order valence-corrected chi connectivity index (χ1v) is 5.58. The summed E-state index contributed by atoms with van der Waals surface area (Å²) in [6, 6.07) is 6.87. The lowest BCUT2D eigenvalue weighted by molar-refractivity contribution is -0.139. The van der Waals surface area contributed by atoms with Crippen LogP contribution in [0.4, 0.5) is 0 Å². The maximum atomic E-state index is 11.7. The summed E-state index contributed by atoms with van der Waals surface area (Å²) in [6.45, 7) is 0. The number of carbonyl (C=O) groups is 2. The highest BCUT2D eigenvalue weighted by atomic mass is 35.5. The van der Waals surface area contributed by atoms with E-state index >= 15 is 0 Å². The summed E-state index contributed by atoms with van der Waals surface area (Å²) >= 11 is 5.68. The standard InChI is InChI=1S/C12H11ClN2O3/c13-9-5-3-8(4-6-9)11(16)15-10(12(17)18)2-1-7-14/h3-6,10H,1-2H2,(H,15,16)(H,17,18). The maximum absolute atomic E-state index is 11.7. The number of hydrogen-bond donors (Lipinski definition) is 2. The second-order valence-electron chi connectivity index (χ2n) is 3.57. The van der Waals surface area contributed by atoms with E-state index in [2.05, 4.69) is 5.32 Å². The molecule has 0 fully saturated rings. The molecule has 2 N–H and O–H groups in total. The number of nitrogens with one attached hydrogen (secondary N) is 1. The van der Waals surface area contributed by atoms with Crippen molar-refractivity contribution < 1.29 is 14.7 Å². The number of hydrogen-bond acceptors (Lipinski definition) is 3. The third-order valence-electron chi connectivity index (χ3n) is 2.25. The Morgan fingerprint density at radius 3 is 2.50 bits per heavy atom. The number of aliphatic carboxylic acids is 1. The molecule has 18 heavy (non-hydrogen) atoms. The molecule has 1 unspecified atom stereocenters. The van der Waals surface area contributed by atoms with Crippen molar-refractivity contribution in [2.75, 3.05) is 0 Å². The number of amides is 1. The fourth-order valence-corrected chi connectivity index (χ4v) is 1.44. The highest BCUT2D eigenvalue weighted by molar-refractivity contribution is 6.30. The molecule has 0 aliphatic heterocycles.